The van der Waals surface area contributed by atoms with Crippen molar-refractivity contribution in [3.8, 4) is 0 Å². The fourth-order valence-electron chi connectivity index (χ4n) is 3.22. The zero-order valence-electron chi connectivity index (χ0n) is 13.3. The monoisotopic (exact) mass is 296 g/mol. The zero-order valence-corrected chi connectivity index (χ0v) is 13.3. The van der Waals surface area contributed by atoms with Gasteiger partial charge in [0, 0.05) is 0 Å². The lowest BCUT2D eigenvalue weighted by Gasteiger charge is -2.37. The van der Waals surface area contributed by atoms with E-state index in [4.69, 9.17) is 0 Å². The molecule has 2 nitrogen and oxygen atoms in total. The Labute approximate surface area is 132 Å². The Kier molecular flexibility index (Phi) is 5.51. The van der Waals surface area contributed by atoms with Gasteiger partial charge in [-0.2, -0.15) is 0 Å². The number of benzene rings is 2. The molecule has 2 aromatic carbocycles. The zero-order chi connectivity index (χ0) is 16.0. The second kappa shape index (κ2) is 7.37. The molecular weight excluding hydrogens is 272 g/mol. The van der Waals surface area contributed by atoms with Crippen LogP contribution < -0.4 is 0 Å². The second-order valence-electron chi connectivity index (χ2n) is 5.90. The minimum atomic E-state index is -1.13. The minimum Gasteiger partial charge on any atom is -0.384 e. The smallest absolute Gasteiger partial charge is 0.126 e. The molecule has 0 radical (unpaired) electrons. The van der Waals surface area contributed by atoms with Crippen molar-refractivity contribution in [1.29, 1.82) is 0 Å². The molecule has 0 bridgehead atoms. The van der Waals surface area contributed by atoms with Crippen molar-refractivity contribution in [3.05, 3.63) is 71.8 Å². The van der Waals surface area contributed by atoms with E-state index in [-0.39, 0.29) is 5.92 Å². The first-order valence-electron chi connectivity index (χ1n) is 7.91. The van der Waals surface area contributed by atoms with Gasteiger partial charge in [-0.25, -0.2) is 0 Å². The van der Waals surface area contributed by atoms with E-state index in [1.165, 1.54) is 0 Å². The molecule has 0 fully saturated rings. The van der Waals surface area contributed by atoms with E-state index in [1.807, 2.05) is 74.5 Å². The van der Waals surface area contributed by atoms with Crippen LogP contribution in [0, 0.1) is 5.92 Å². The Morgan fingerprint density at radius 3 is 2.09 bits per heavy atom. The van der Waals surface area contributed by atoms with Crippen LogP contribution >= 0.6 is 0 Å². The predicted molar refractivity (Wildman–Crippen MR) is 89.7 cm³/mol. The molecule has 2 heteroatoms. The highest BCUT2D eigenvalue weighted by molar-refractivity contribution is 5.59. The van der Waals surface area contributed by atoms with Gasteiger partial charge < -0.3 is 9.90 Å². The van der Waals surface area contributed by atoms with Gasteiger partial charge in [-0.15, -0.1) is 0 Å². The number of carbonyl (C=O) groups excluding carboxylic acids is 1. The van der Waals surface area contributed by atoms with Gasteiger partial charge in [0.2, 0.25) is 0 Å². The number of rotatable bonds is 7. The predicted octanol–water partition coefficient (Wildman–Crippen LogP) is 4.29. The molecule has 3 unspecified atom stereocenters. The quantitative estimate of drug-likeness (QED) is 0.774. The number of aliphatic hydroxyl groups is 1. The number of carbonyl (C=O) groups is 1. The van der Waals surface area contributed by atoms with Gasteiger partial charge in [0.25, 0.3) is 0 Å². The van der Waals surface area contributed by atoms with E-state index in [2.05, 4.69) is 0 Å². The minimum absolute atomic E-state index is 0.0459. The molecule has 116 valence electrons. The van der Waals surface area contributed by atoms with Crippen LogP contribution in [0.2, 0.25) is 0 Å². The first kappa shape index (κ1) is 16.4. The third kappa shape index (κ3) is 3.28. The highest BCUT2D eigenvalue weighted by Crippen LogP contribution is 2.41. The summed E-state index contributed by atoms with van der Waals surface area (Å²) >= 11 is 0. The molecule has 0 saturated heterocycles. The first-order valence-corrected chi connectivity index (χ1v) is 7.91. The van der Waals surface area contributed by atoms with Crippen LogP contribution in [0.1, 0.15) is 43.7 Å². The number of hydrogen-bond donors (Lipinski definition) is 1. The molecule has 22 heavy (non-hydrogen) atoms. The summed E-state index contributed by atoms with van der Waals surface area (Å²) in [6, 6.07) is 19.5. The van der Waals surface area contributed by atoms with Crippen molar-refractivity contribution in [2.45, 2.75) is 38.2 Å². The molecule has 0 aliphatic carbocycles. The lowest BCUT2D eigenvalue weighted by atomic mass is 9.71. The van der Waals surface area contributed by atoms with Crippen LogP contribution in [0.4, 0.5) is 0 Å². The Hall–Kier alpha value is -1.93. The molecule has 0 spiro atoms. The summed E-state index contributed by atoms with van der Waals surface area (Å²) in [5, 5.41) is 11.3. The van der Waals surface area contributed by atoms with E-state index in [0.717, 1.165) is 23.8 Å². The third-order valence-corrected chi connectivity index (χ3v) is 4.47. The lowest BCUT2D eigenvalue weighted by Crippen LogP contribution is -2.39. The average Bonchev–Trinajstić information content (AvgIpc) is 2.57. The topological polar surface area (TPSA) is 37.3 Å². The van der Waals surface area contributed by atoms with Gasteiger partial charge in [-0.05, 0) is 23.5 Å². The summed E-state index contributed by atoms with van der Waals surface area (Å²) in [4.78, 5) is 11.9. The molecular formula is C20H24O2. The van der Waals surface area contributed by atoms with Crippen molar-refractivity contribution >= 4 is 6.29 Å². The van der Waals surface area contributed by atoms with Crippen molar-refractivity contribution in [3.63, 3.8) is 0 Å². The van der Waals surface area contributed by atoms with Gasteiger partial charge in [-0.3, -0.25) is 0 Å². The average molecular weight is 296 g/mol. The summed E-state index contributed by atoms with van der Waals surface area (Å²) in [5.41, 5.74) is 0.759. The van der Waals surface area contributed by atoms with E-state index in [0.29, 0.717) is 6.42 Å². The fraction of sp³-hybridized carbons (Fsp3) is 0.350. The van der Waals surface area contributed by atoms with E-state index in [9.17, 15) is 9.90 Å². The third-order valence-electron chi connectivity index (χ3n) is 4.47. The number of aldehydes is 1. The number of hydrogen-bond acceptors (Lipinski definition) is 2. The Balaban J connectivity index is 2.42. The Morgan fingerprint density at radius 2 is 1.59 bits per heavy atom. The maximum Gasteiger partial charge on any atom is 0.126 e. The maximum atomic E-state index is 11.9. The molecule has 1 N–H and O–H groups in total. The van der Waals surface area contributed by atoms with Gasteiger partial charge >= 0.3 is 0 Å². The molecule has 0 aliphatic rings. The normalized spacial score (nSPS) is 16.5. The van der Waals surface area contributed by atoms with Crippen LogP contribution in [0.25, 0.3) is 0 Å². The summed E-state index contributed by atoms with van der Waals surface area (Å²) in [6.07, 6.45) is 2.30. The van der Waals surface area contributed by atoms with Gasteiger partial charge in [0.15, 0.2) is 0 Å². The first-order chi connectivity index (χ1) is 10.6. The van der Waals surface area contributed by atoms with Crippen LogP contribution in [0.3, 0.4) is 0 Å². The van der Waals surface area contributed by atoms with Crippen LogP contribution in [0.15, 0.2) is 60.7 Å². The summed E-state index contributed by atoms with van der Waals surface area (Å²) in [5.74, 6) is -0.521. The van der Waals surface area contributed by atoms with E-state index >= 15 is 0 Å². The molecule has 0 aliphatic heterocycles. The van der Waals surface area contributed by atoms with Crippen LogP contribution in [-0.4, -0.2) is 11.4 Å². The van der Waals surface area contributed by atoms with Crippen molar-refractivity contribution < 1.29 is 9.90 Å². The summed E-state index contributed by atoms with van der Waals surface area (Å²) in [7, 11) is 0. The molecule has 0 aromatic heterocycles. The molecule has 0 saturated carbocycles. The SMILES string of the molecule is CCCC(O)(c1ccccc1)C(C=O)C(C)c1ccccc1. The van der Waals surface area contributed by atoms with Crippen molar-refractivity contribution in [2.24, 2.45) is 5.92 Å². The van der Waals surface area contributed by atoms with Crippen molar-refractivity contribution in [1.82, 2.24) is 0 Å². The highest BCUT2D eigenvalue weighted by Gasteiger charge is 2.41. The van der Waals surface area contributed by atoms with Gasteiger partial charge in [0.1, 0.15) is 6.29 Å². The fourth-order valence-corrected chi connectivity index (χ4v) is 3.22. The lowest BCUT2D eigenvalue weighted by molar-refractivity contribution is -0.123. The van der Waals surface area contributed by atoms with Crippen LogP contribution in [0.5, 0.6) is 0 Å². The van der Waals surface area contributed by atoms with Crippen molar-refractivity contribution in [2.75, 3.05) is 0 Å². The molecule has 2 rings (SSSR count). The largest absolute Gasteiger partial charge is 0.384 e. The molecule has 0 heterocycles. The van der Waals surface area contributed by atoms with Crippen LogP contribution in [-0.2, 0) is 10.4 Å². The Morgan fingerprint density at radius 1 is 1.05 bits per heavy atom. The molecule has 0 amide bonds. The summed E-state index contributed by atoms with van der Waals surface area (Å²) < 4.78 is 0. The standard InChI is InChI=1S/C20H24O2/c1-3-14-20(22,18-12-8-5-9-13-18)19(15-21)16(2)17-10-6-4-7-11-17/h4-13,15-16,19,22H,3,14H2,1-2H3. The summed E-state index contributed by atoms with van der Waals surface area (Å²) in [6.45, 7) is 4.04. The molecule has 2 aromatic rings. The maximum absolute atomic E-state index is 11.9. The highest BCUT2D eigenvalue weighted by atomic mass is 16.3. The van der Waals surface area contributed by atoms with E-state index < -0.39 is 11.5 Å². The Bertz CT molecular complexity index is 579. The van der Waals surface area contributed by atoms with Gasteiger partial charge in [-0.1, -0.05) is 80.9 Å². The van der Waals surface area contributed by atoms with E-state index in [1.54, 1.807) is 0 Å². The second-order valence-corrected chi connectivity index (χ2v) is 5.90. The van der Waals surface area contributed by atoms with Gasteiger partial charge in [0.05, 0.1) is 11.5 Å². The molecule has 3 atom stereocenters.